The van der Waals surface area contributed by atoms with Crippen LogP contribution in [0.3, 0.4) is 0 Å². The summed E-state index contributed by atoms with van der Waals surface area (Å²) in [5, 5.41) is 3.52. The third kappa shape index (κ3) is 4.35. The lowest BCUT2D eigenvalue weighted by atomic mass is 9.96. The second-order valence-electron chi connectivity index (χ2n) is 5.09. The van der Waals surface area contributed by atoms with Crippen LogP contribution in [0, 0.1) is 0 Å². The van der Waals surface area contributed by atoms with Gasteiger partial charge in [0, 0.05) is 6.04 Å². The van der Waals surface area contributed by atoms with Gasteiger partial charge in [0.05, 0.1) is 0 Å². The molecule has 1 nitrogen and oxygen atoms in total. The number of hydrogen-bond donors (Lipinski definition) is 1. The molecule has 1 rings (SSSR count). The quantitative estimate of drug-likeness (QED) is 0.714. The van der Waals surface area contributed by atoms with Crippen LogP contribution in [-0.4, -0.2) is 6.54 Å². The molecule has 1 N–H and O–H groups in total. The molecule has 0 bridgehead atoms. The first-order valence-electron chi connectivity index (χ1n) is 6.52. The number of nitrogens with one attached hydrogen (secondary N) is 1. The van der Waals surface area contributed by atoms with Gasteiger partial charge < -0.3 is 5.32 Å². The summed E-state index contributed by atoms with van der Waals surface area (Å²) in [7, 11) is 0. The standard InChI is InChI=1S/C16H25N/c1-6-17-16(11-12(2)3)15-9-7-14(8-10-15)13(4)5/h7-10,13,16-17H,2,6,11H2,1,3-5H3. The Morgan fingerprint density at radius 1 is 1.18 bits per heavy atom. The van der Waals surface area contributed by atoms with E-state index in [1.165, 1.54) is 16.7 Å². The molecule has 1 unspecified atom stereocenters. The monoisotopic (exact) mass is 231 g/mol. The second-order valence-corrected chi connectivity index (χ2v) is 5.09. The Balaban J connectivity index is 2.83. The zero-order chi connectivity index (χ0) is 12.8. The Morgan fingerprint density at radius 2 is 1.71 bits per heavy atom. The highest BCUT2D eigenvalue weighted by Crippen LogP contribution is 2.22. The average molecular weight is 231 g/mol. The fraction of sp³-hybridized carbons (Fsp3) is 0.500. The fourth-order valence-corrected chi connectivity index (χ4v) is 2.02. The van der Waals surface area contributed by atoms with Crippen LogP contribution in [-0.2, 0) is 0 Å². The van der Waals surface area contributed by atoms with E-state index in [9.17, 15) is 0 Å². The van der Waals surface area contributed by atoms with E-state index in [2.05, 4.69) is 63.9 Å². The Bertz CT molecular complexity index is 348. The van der Waals surface area contributed by atoms with E-state index in [0.29, 0.717) is 12.0 Å². The molecule has 0 saturated carbocycles. The summed E-state index contributed by atoms with van der Waals surface area (Å²) in [5.74, 6) is 0.600. The summed E-state index contributed by atoms with van der Waals surface area (Å²) >= 11 is 0. The van der Waals surface area contributed by atoms with Gasteiger partial charge in [0.25, 0.3) is 0 Å². The van der Waals surface area contributed by atoms with Gasteiger partial charge >= 0.3 is 0 Å². The molecule has 1 aromatic carbocycles. The minimum Gasteiger partial charge on any atom is -0.310 e. The largest absolute Gasteiger partial charge is 0.310 e. The van der Waals surface area contributed by atoms with Crippen molar-refractivity contribution in [3.63, 3.8) is 0 Å². The highest BCUT2D eigenvalue weighted by molar-refractivity contribution is 5.27. The van der Waals surface area contributed by atoms with Gasteiger partial charge in [-0.1, -0.05) is 50.6 Å². The number of rotatable bonds is 6. The molecule has 1 atom stereocenters. The van der Waals surface area contributed by atoms with Crippen LogP contribution in [0.2, 0.25) is 0 Å². The Hall–Kier alpha value is -1.08. The van der Waals surface area contributed by atoms with Crippen LogP contribution in [0.5, 0.6) is 0 Å². The first-order valence-corrected chi connectivity index (χ1v) is 6.52. The van der Waals surface area contributed by atoms with Gasteiger partial charge in [-0.05, 0) is 36.9 Å². The smallest absolute Gasteiger partial charge is 0.0357 e. The minimum absolute atomic E-state index is 0.402. The first kappa shape index (κ1) is 14.0. The summed E-state index contributed by atoms with van der Waals surface area (Å²) in [6.45, 7) is 13.7. The van der Waals surface area contributed by atoms with E-state index in [1.807, 2.05) is 0 Å². The highest BCUT2D eigenvalue weighted by atomic mass is 14.9. The van der Waals surface area contributed by atoms with E-state index in [1.54, 1.807) is 0 Å². The van der Waals surface area contributed by atoms with Crippen molar-refractivity contribution in [1.29, 1.82) is 0 Å². The summed E-state index contributed by atoms with van der Waals surface area (Å²) in [4.78, 5) is 0. The molecule has 0 fully saturated rings. The molecule has 0 radical (unpaired) electrons. The minimum atomic E-state index is 0.402. The molecule has 0 saturated heterocycles. The van der Waals surface area contributed by atoms with E-state index in [4.69, 9.17) is 0 Å². The molecule has 0 amide bonds. The molecule has 0 aromatic heterocycles. The van der Waals surface area contributed by atoms with Gasteiger partial charge in [0.15, 0.2) is 0 Å². The van der Waals surface area contributed by atoms with Crippen molar-refractivity contribution < 1.29 is 0 Å². The van der Waals surface area contributed by atoms with Crippen molar-refractivity contribution in [3.05, 3.63) is 47.5 Å². The predicted octanol–water partition coefficient (Wildman–Crippen LogP) is 4.43. The van der Waals surface area contributed by atoms with E-state index in [0.717, 1.165) is 13.0 Å². The van der Waals surface area contributed by atoms with Gasteiger partial charge in [-0.2, -0.15) is 0 Å². The van der Waals surface area contributed by atoms with E-state index < -0.39 is 0 Å². The Kier molecular flexibility index (Phi) is 5.43. The van der Waals surface area contributed by atoms with Crippen LogP contribution < -0.4 is 5.32 Å². The van der Waals surface area contributed by atoms with Crippen molar-refractivity contribution >= 4 is 0 Å². The molecular weight excluding hydrogens is 206 g/mol. The molecule has 0 aliphatic rings. The molecule has 0 aliphatic heterocycles. The second kappa shape index (κ2) is 6.61. The lowest BCUT2D eigenvalue weighted by molar-refractivity contribution is 0.548. The van der Waals surface area contributed by atoms with Crippen molar-refractivity contribution in [1.82, 2.24) is 5.32 Å². The summed E-state index contributed by atoms with van der Waals surface area (Å²) in [5.41, 5.74) is 3.99. The summed E-state index contributed by atoms with van der Waals surface area (Å²) < 4.78 is 0. The number of hydrogen-bond acceptors (Lipinski definition) is 1. The number of benzene rings is 1. The van der Waals surface area contributed by atoms with Crippen molar-refractivity contribution in [3.8, 4) is 0 Å². The molecule has 1 aromatic rings. The van der Waals surface area contributed by atoms with Gasteiger partial charge in [-0.25, -0.2) is 0 Å². The summed E-state index contributed by atoms with van der Waals surface area (Å²) in [6, 6.07) is 9.36. The molecule has 94 valence electrons. The zero-order valence-corrected chi connectivity index (χ0v) is 11.6. The van der Waals surface area contributed by atoms with Crippen LogP contribution in [0.4, 0.5) is 0 Å². The average Bonchev–Trinajstić information content (AvgIpc) is 2.28. The maximum Gasteiger partial charge on any atom is 0.0357 e. The first-order chi connectivity index (χ1) is 8.04. The lowest BCUT2D eigenvalue weighted by Gasteiger charge is -2.19. The molecule has 1 heteroatoms. The lowest BCUT2D eigenvalue weighted by Crippen LogP contribution is -2.21. The molecule has 17 heavy (non-hydrogen) atoms. The van der Waals surface area contributed by atoms with Gasteiger partial charge in [0.2, 0.25) is 0 Å². The van der Waals surface area contributed by atoms with E-state index >= 15 is 0 Å². The zero-order valence-electron chi connectivity index (χ0n) is 11.6. The maximum atomic E-state index is 4.01. The van der Waals surface area contributed by atoms with Crippen LogP contribution in [0.15, 0.2) is 36.4 Å². The molecular formula is C16H25N. The van der Waals surface area contributed by atoms with Crippen molar-refractivity contribution in [2.75, 3.05) is 6.54 Å². The van der Waals surface area contributed by atoms with Crippen LogP contribution >= 0.6 is 0 Å². The molecule has 0 spiro atoms. The Labute approximate surface area is 106 Å². The SMILES string of the molecule is C=C(C)CC(NCC)c1ccc(C(C)C)cc1. The highest BCUT2D eigenvalue weighted by Gasteiger charge is 2.10. The van der Waals surface area contributed by atoms with Crippen LogP contribution in [0.1, 0.15) is 57.2 Å². The summed E-state index contributed by atoms with van der Waals surface area (Å²) in [6.07, 6.45) is 1.01. The van der Waals surface area contributed by atoms with Crippen molar-refractivity contribution in [2.24, 2.45) is 0 Å². The van der Waals surface area contributed by atoms with E-state index in [-0.39, 0.29) is 0 Å². The van der Waals surface area contributed by atoms with Crippen molar-refractivity contribution in [2.45, 2.75) is 46.1 Å². The van der Waals surface area contributed by atoms with Gasteiger partial charge in [-0.3, -0.25) is 0 Å². The Morgan fingerprint density at radius 3 is 2.12 bits per heavy atom. The predicted molar refractivity (Wildman–Crippen MR) is 76.4 cm³/mol. The van der Waals surface area contributed by atoms with Gasteiger partial charge in [0.1, 0.15) is 0 Å². The fourth-order valence-electron chi connectivity index (χ4n) is 2.02. The topological polar surface area (TPSA) is 12.0 Å². The molecule has 0 aliphatic carbocycles. The molecule has 0 heterocycles. The van der Waals surface area contributed by atoms with Gasteiger partial charge in [-0.15, -0.1) is 6.58 Å². The third-order valence-corrected chi connectivity index (χ3v) is 3.01. The third-order valence-electron chi connectivity index (χ3n) is 3.01. The normalized spacial score (nSPS) is 12.8. The maximum absolute atomic E-state index is 4.01. The van der Waals surface area contributed by atoms with Crippen LogP contribution in [0.25, 0.3) is 0 Å².